The molecule has 4 aliphatic carbocycles. The summed E-state index contributed by atoms with van der Waals surface area (Å²) < 4.78 is 0. The molecule has 22 heavy (non-hydrogen) atoms. The number of carbonyl (C=O) groups is 1. The summed E-state index contributed by atoms with van der Waals surface area (Å²) in [6.45, 7) is 7.11. The van der Waals surface area contributed by atoms with Crippen molar-refractivity contribution in [1.82, 2.24) is 0 Å². The van der Waals surface area contributed by atoms with Crippen molar-refractivity contribution >= 4 is 5.78 Å². The van der Waals surface area contributed by atoms with E-state index >= 15 is 0 Å². The van der Waals surface area contributed by atoms with Gasteiger partial charge in [0.15, 0.2) is 0 Å². The van der Waals surface area contributed by atoms with Crippen LogP contribution in [-0.4, -0.2) is 17.0 Å². The number of fused-ring (bicyclic) bond motifs is 5. The van der Waals surface area contributed by atoms with Crippen LogP contribution in [0.4, 0.5) is 0 Å². The van der Waals surface area contributed by atoms with E-state index in [2.05, 4.69) is 20.8 Å². The summed E-state index contributed by atoms with van der Waals surface area (Å²) in [4.78, 5) is 11.9. The van der Waals surface area contributed by atoms with Gasteiger partial charge in [-0.15, -0.1) is 0 Å². The van der Waals surface area contributed by atoms with Crippen LogP contribution >= 0.6 is 0 Å². The van der Waals surface area contributed by atoms with Crippen molar-refractivity contribution in [2.45, 2.75) is 78.2 Å². The Hall–Kier alpha value is -0.370. The van der Waals surface area contributed by atoms with Crippen LogP contribution in [0.3, 0.4) is 0 Å². The molecule has 0 spiro atoms. The summed E-state index contributed by atoms with van der Waals surface area (Å²) >= 11 is 0. The fourth-order valence-corrected chi connectivity index (χ4v) is 7.38. The van der Waals surface area contributed by atoms with E-state index in [1.165, 1.54) is 32.1 Å². The van der Waals surface area contributed by atoms with Gasteiger partial charge in [-0.3, -0.25) is 4.79 Å². The first-order valence-corrected chi connectivity index (χ1v) is 9.56. The van der Waals surface area contributed by atoms with Crippen LogP contribution in [0.5, 0.6) is 0 Å². The van der Waals surface area contributed by atoms with Gasteiger partial charge in [0.2, 0.25) is 0 Å². The number of hydrogen-bond donors (Lipinski definition) is 1. The zero-order valence-corrected chi connectivity index (χ0v) is 14.5. The molecule has 4 saturated carbocycles. The van der Waals surface area contributed by atoms with Gasteiger partial charge in [-0.1, -0.05) is 20.8 Å². The molecule has 0 aromatic rings. The van der Waals surface area contributed by atoms with Crippen LogP contribution in [-0.2, 0) is 4.79 Å². The lowest BCUT2D eigenvalue weighted by Gasteiger charge is -2.60. The normalized spacial score (nSPS) is 57.9. The lowest BCUT2D eigenvalue weighted by Crippen LogP contribution is -2.54. The maximum Gasteiger partial charge on any atom is 0.133 e. The van der Waals surface area contributed by atoms with Gasteiger partial charge in [0, 0.05) is 12.8 Å². The Morgan fingerprint density at radius 3 is 2.59 bits per heavy atom. The summed E-state index contributed by atoms with van der Waals surface area (Å²) in [7, 11) is 0. The highest BCUT2D eigenvalue weighted by Crippen LogP contribution is 2.66. The molecule has 4 aliphatic rings. The fourth-order valence-electron chi connectivity index (χ4n) is 7.38. The van der Waals surface area contributed by atoms with Gasteiger partial charge in [-0.2, -0.15) is 0 Å². The van der Waals surface area contributed by atoms with Gasteiger partial charge in [-0.25, -0.2) is 0 Å². The molecule has 0 amide bonds. The van der Waals surface area contributed by atoms with Gasteiger partial charge >= 0.3 is 0 Å². The molecular weight excluding hydrogens is 272 g/mol. The molecule has 2 heteroatoms. The Bertz CT molecular complexity index is 486. The van der Waals surface area contributed by atoms with Crippen LogP contribution in [0.25, 0.3) is 0 Å². The van der Waals surface area contributed by atoms with E-state index in [0.29, 0.717) is 29.0 Å². The van der Waals surface area contributed by atoms with Crippen molar-refractivity contribution in [3.63, 3.8) is 0 Å². The largest absolute Gasteiger partial charge is 0.392 e. The number of aliphatic hydroxyl groups excluding tert-OH is 1. The summed E-state index contributed by atoms with van der Waals surface area (Å²) in [6.07, 6.45) is 8.94. The lowest BCUT2D eigenvalue weighted by atomic mass is 9.45. The monoisotopic (exact) mass is 304 g/mol. The minimum atomic E-state index is -0.100. The Morgan fingerprint density at radius 2 is 1.82 bits per heavy atom. The van der Waals surface area contributed by atoms with Crippen LogP contribution < -0.4 is 0 Å². The number of aliphatic hydroxyl groups is 1. The predicted molar refractivity (Wildman–Crippen MR) is 87.3 cm³/mol. The number of hydrogen-bond acceptors (Lipinski definition) is 2. The average Bonchev–Trinajstić information content (AvgIpc) is 2.72. The first-order chi connectivity index (χ1) is 10.4. The predicted octanol–water partition coefficient (Wildman–Crippen LogP) is 4.21. The second-order valence-corrected chi connectivity index (χ2v) is 9.60. The Kier molecular flexibility index (Phi) is 3.32. The molecule has 0 aliphatic heterocycles. The number of Topliss-reactive ketones (excluding diaryl/α,β-unsaturated/α-hetero) is 1. The van der Waals surface area contributed by atoms with Crippen molar-refractivity contribution < 1.29 is 9.90 Å². The third-order valence-corrected chi connectivity index (χ3v) is 8.76. The first kappa shape index (κ1) is 15.2. The highest BCUT2D eigenvalue weighted by atomic mass is 16.3. The maximum absolute atomic E-state index is 11.9. The van der Waals surface area contributed by atoms with Crippen molar-refractivity contribution in [1.29, 1.82) is 0 Å². The standard InChI is InChI=1S/C20H32O2/c1-12-10-17-15-5-4-13-11-14(21)6-8-19(13,2)16(15)7-9-20(17,3)18(12)22/h12-13,15-18,22H,4-11H2,1-3H3/t12-,13-,15+,16-,17-,18-,19-,20-/m0/s1. The highest BCUT2D eigenvalue weighted by molar-refractivity contribution is 5.79. The van der Waals surface area contributed by atoms with Gasteiger partial charge in [0.1, 0.15) is 5.78 Å². The zero-order chi connectivity index (χ0) is 15.7. The molecule has 2 nitrogen and oxygen atoms in total. The molecular formula is C20H32O2. The van der Waals surface area contributed by atoms with E-state index < -0.39 is 0 Å². The van der Waals surface area contributed by atoms with Crippen molar-refractivity contribution in [3.8, 4) is 0 Å². The Balaban J connectivity index is 1.64. The van der Waals surface area contributed by atoms with Crippen molar-refractivity contribution in [2.75, 3.05) is 0 Å². The van der Waals surface area contributed by atoms with E-state index in [4.69, 9.17) is 0 Å². The summed E-state index contributed by atoms with van der Waals surface area (Å²) in [5.74, 6) is 3.93. The SMILES string of the molecule is C[C@H]1C[C@H]2[C@@H]3CC[C@H]4CC(=O)CC[C@]4(C)[C@H]3CC[C@]2(C)[C@H]1O. The maximum atomic E-state index is 11.9. The second kappa shape index (κ2) is 4.82. The highest BCUT2D eigenvalue weighted by Gasteiger charge is 2.61. The van der Waals surface area contributed by atoms with Gasteiger partial charge in [0.05, 0.1) is 6.10 Å². The van der Waals surface area contributed by atoms with Gasteiger partial charge in [0.25, 0.3) is 0 Å². The van der Waals surface area contributed by atoms with E-state index in [1.807, 2.05) is 0 Å². The van der Waals surface area contributed by atoms with E-state index in [9.17, 15) is 9.90 Å². The van der Waals surface area contributed by atoms with Gasteiger partial charge < -0.3 is 5.11 Å². The van der Waals surface area contributed by atoms with E-state index in [0.717, 1.165) is 31.1 Å². The molecule has 4 rings (SSSR count). The van der Waals surface area contributed by atoms with Gasteiger partial charge in [-0.05, 0) is 78.9 Å². The van der Waals surface area contributed by atoms with Crippen LogP contribution in [0.1, 0.15) is 72.1 Å². The quantitative estimate of drug-likeness (QED) is 0.728. The molecule has 0 aromatic carbocycles. The lowest BCUT2D eigenvalue weighted by molar-refractivity contribution is -0.142. The molecule has 0 aromatic heterocycles. The molecule has 4 fully saturated rings. The molecule has 0 radical (unpaired) electrons. The number of ketones is 1. The van der Waals surface area contributed by atoms with Crippen molar-refractivity contribution in [3.05, 3.63) is 0 Å². The number of carbonyl (C=O) groups excluding carboxylic acids is 1. The molecule has 0 heterocycles. The Labute approximate surface area is 135 Å². The molecule has 1 N–H and O–H groups in total. The van der Waals surface area contributed by atoms with E-state index in [1.54, 1.807) is 0 Å². The third kappa shape index (κ3) is 1.85. The molecule has 0 unspecified atom stereocenters. The topological polar surface area (TPSA) is 37.3 Å². The van der Waals surface area contributed by atoms with Crippen molar-refractivity contribution in [2.24, 2.45) is 40.4 Å². The van der Waals surface area contributed by atoms with Crippen LogP contribution in [0.15, 0.2) is 0 Å². The minimum absolute atomic E-state index is 0.100. The molecule has 124 valence electrons. The third-order valence-electron chi connectivity index (χ3n) is 8.76. The number of rotatable bonds is 0. The first-order valence-electron chi connectivity index (χ1n) is 9.56. The molecule has 0 bridgehead atoms. The second-order valence-electron chi connectivity index (χ2n) is 9.60. The Morgan fingerprint density at radius 1 is 1.05 bits per heavy atom. The van der Waals surface area contributed by atoms with Crippen LogP contribution in [0.2, 0.25) is 0 Å². The van der Waals surface area contributed by atoms with E-state index in [-0.39, 0.29) is 11.5 Å². The minimum Gasteiger partial charge on any atom is -0.392 e. The smallest absolute Gasteiger partial charge is 0.133 e. The zero-order valence-electron chi connectivity index (χ0n) is 14.5. The fraction of sp³-hybridized carbons (Fsp3) is 0.950. The molecule has 0 saturated heterocycles. The summed E-state index contributed by atoms with van der Waals surface area (Å²) in [5.41, 5.74) is 0.559. The summed E-state index contributed by atoms with van der Waals surface area (Å²) in [5, 5.41) is 10.7. The molecule has 8 atom stereocenters. The van der Waals surface area contributed by atoms with Crippen LogP contribution in [0, 0.1) is 40.4 Å². The summed E-state index contributed by atoms with van der Waals surface area (Å²) in [6, 6.07) is 0. The average molecular weight is 304 g/mol.